The van der Waals surface area contributed by atoms with E-state index in [0.29, 0.717) is 6.04 Å². The number of hydrogen-bond acceptors (Lipinski definition) is 2. The summed E-state index contributed by atoms with van der Waals surface area (Å²) in [6.45, 7) is 2.48. The van der Waals surface area contributed by atoms with Crippen molar-refractivity contribution in [1.82, 2.24) is 4.90 Å². The molecule has 2 N–H and O–H groups in total. The Morgan fingerprint density at radius 3 is 1.95 bits per heavy atom. The number of hydrogen-bond donors (Lipinski definition) is 1. The summed E-state index contributed by atoms with van der Waals surface area (Å²) in [4.78, 5) is 2.99. The first-order chi connectivity index (χ1) is 9.69. The summed E-state index contributed by atoms with van der Waals surface area (Å²) >= 11 is 0. The van der Waals surface area contributed by atoms with Crippen LogP contribution in [0.25, 0.3) is 0 Å². The Morgan fingerprint density at radius 2 is 1.35 bits per heavy atom. The molecule has 0 amide bonds. The van der Waals surface area contributed by atoms with Gasteiger partial charge in [0.1, 0.15) is 0 Å². The van der Waals surface area contributed by atoms with Gasteiger partial charge in [0.25, 0.3) is 0 Å². The SMILES string of the molecule is CC1C[C@@H]2CC(N3C4CCC[C@@H]3CC(N)C4)C[C@H](C1)C2. The highest BCUT2D eigenvalue weighted by molar-refractivity contribution is 5.00. The van der Waals surface area contributed by atoms with E-state index in [4.69, 9.17) is 5.73 Å². The predicted molar refractivity (Wildman–Crippen MR) is 83.5 cm³/mol. The van der Waals surface area contributed by atoms with Gasteiger partial charge in [-0.3, -0.25) is 4.90 Å². The number of rotatable bonds is 1. The standard InChI is InChI=1S/C18H32N2/c1-12-5-13-7-14(6-12)9-18(8-13)20-16-3-2-4-17(20)11-15(19)10-16/h12-18H,2-11,19H2,1H3/t12?,13-,14+,15?,16-,17?,18?/m1/s1. The van der Waals surface area contributed by atoms with Gasteiger partial charge in [0.05, 0.1) is 0 Å². The molecule has 114 valence electrons. The zero-order valence-electron chi connectivity index (χ0n) is 13.1. The van der Waals surface area contributed by atoms with Crippen molar-refractivity contribution in [3.63, 3.8) is 0 Å². The maximum absolute atomic E-state index is 6.30. The second-order valence-corrected chi connectivity index (χ2v) is 8.59. The van der Waals surface area contributed by atoms with Gasteiger partial charge in [0, 0.05) is 24.2 Å². The zero-order chi connectivity index (χ0) is 13.7. The largest absolute Gasteiger partial charge is 0.328 e. The smallest absolute Gasteiger partial charge is 0.0116 e. The molecule has 0 aromatic rings. The monoisotopic (exact) mass is 276 g/mol. The average molecular weight is 276 g/mol. The lowest BCUT2D eigenvalue weighted by Gasteiger charge is -2.55. The quantitative estimate of drug-likeness (QED) is 0.793. The van der Waals surface area contributed by atoms with Crippen LogP contribution in [0.15, 0.2) is 0 Å². The highest BCUT2D eigenvalue weighted by atomic mass is 15.2. The molecule has 4 rings (SSSR count). The molecule has 20 heavy (non-hydrogen) atoms. The first-order valence-electron chi connectivity index (χ1n) is 9.22. The van der Waals surface area contributed by atoms with Gasteiger partial charge in [0.15, 0.2) is 0 Å². The number of piperidine rings is 2. The van der Waals surface area contributed by atoms with Gasteiger partial charge in [-0.05, 0) is 75.5 Å². The van der Waals surface area contributed by atoms with Gasteiger partial charge in [-0.25, -0.2) is 0 Å². The summed E-state index contributed by atoms with van der Waals surface area (Å²) in [5.74, 6) is 3.08. The number of nitrogens with zero attached hydrogens (tertiary/aromatic N) is 1. The van der Waals surface area contributed by atoms with Crippen LogP contribution in [0, 0.1) is 17.8 Å². The van der Waals surface area contributed by atoms with Crippen molar-refractivity contribution in [3.05, 3.63) is 0 Å². The third-order valence-electron chi connectivity index (χ3n) is 6.84. The van der Waals surface area contributed by atoms with Crippen LogP contribution in [0.2, 0.25) is 0 Å². The highest BCUT2D eigenvalue weighted by Gasteiger charge is 2.44. The minimum Gasteiger partial charge on any atom is -0.328 e. The summed E-state index contributed by atoms with van der Waals surface area (Å²) in [5, 5.41) is 0. The van der Waals surface area contributed by atoms with Crippen molar-refractivity contribution in [3.8, 4) is 0 Å². The molecular weight excluding hydrogens is 244 g/mol. The number of nitrogens with two attached hydrogens (primary N) is 1. The van der Waals surface area contributed by atoms with Crippen LogP contribution in [-0.2, 0) is 0 Å². The fraction of sp³-hybridized carbons (Fsp3) is 1.00. The summed E-state index contributed by atoms with van der Waals surface area (Å²) < 4.78 is 0. The average Bonchev–Trinajstić information content (AvgIpc) is 2.35. The van der Waals surface area contributed by atoms with E-state index >= 15 is 0 Å². The normalized spacial score (nSPS) is 52.8. The van der Waals surface area contributed by atoms with E-state index < -0.39 is 0 Å². The molecule has 2 nitrogen and oxygen atoms in total. The van der Waals surface area contributed by atoms with Crippen LogP contribution < -0.4 is 5.73 Å². The minimum atomic E-state index is 0.490. The van der Waals surface area contributed by atoms with Gasteiger partial charge in [-0.15, -0.1) is 0 Å². The summed E-state index contributed by atoms with van der Waals surface area (Å²) in [6.07, 6.45) is 14.4. The Bertz CT molecular complexity index is 323. The molecule has 2 heteroatoms. The first-order valence-corrected chi connectivity index (χ1v) is 9.22. The lowest BCUT2D eigenvalue weighted by Crippen LogP contribution is -2.60. The third kappa shape index (κ3) is 2.43. The topological polar surface area (TPSA) is 29.3 Å². The van der Waals surface area contributed by atoms with Crippen molar-refractivity contribution in [2.45, 2.75) is 95.3 Å². The molecule has 2 saturated heterocycles. The molecule has 0 radical (unpaired) electrons. The molecule has 2 aliphatic carbocycles. The van der Waals surface area contributed by atoms with E-state index in [0.717, 1.165) is 35.9 Å². The van der Waals surface area contributed by atoms with Crippen molar-refractivity contribution in [2.24, 2.45) is 23.5 Å². The Morgan fingerprint density at radius 1 is 0.750 bits per heavy atom. The molecule has 0 aromatic heterocycles. The Kier molecular flexibility index (Phi) is 3.58. The van der Waals surface area contributed by atoms with E-state index in [1.165, 1.54) is 57.8 Å². The van der Waals surface area contributed by atoms with Gasteiger partial charge >= 0.3 is 0 Å². The third-order valence-corrected chi connectivity index (χ3v) is 6.84. The zero-order valence-corrected chi connectivity index (χ0v) is 13.1. The second-order valence-electron chi connectivity index (χ2n) is 8.59. The van der Waals surface area contributed by atoms with Crippen molar-refractivity contribution in [2.75, 3.05) is 0 Å². The maximum Gasteiger partial charge on any atom is 0.0116 e. The predicted octanol–water partition coefficient (Wildman–Crippen LogP) is 3.55. The Labute approximate surface area is 124 Å². The highest BCUT2D eigenvalue weighted by Crippen LogP contribution is 2.47. The molecule has 2 heterocycles. The van der Waals surface area contributed by atoms with Crippen molar-refractivity contribution in [1.29, 1.82) is 0 Å². The van der Waals surface area contributed by atoms with Gasteiger partial charge in [-0.2, -0.15) is 0 Å². The van der Waals surface area contributed by atoms with Crippen LogP contribution in [-0.4, -0.2) is 29.1 Å². The first kappa shape index (κ1) is 13.6. The van der Waals surface area contributed by atoms with Crippen LogP contribution in [0.1, 0.15) is 71.1 Å². The molecule has 0 aromatic carbocycles. The van der Waals surface area contributed by atoms with Crippen LogP contribution in [0.4, 0.5) is 0 Å². The molecule has 2 saturated carbocycles. The van der Waals surface area contributed by atoms with Gasteiger partial charge < -0.3 is 5.73 Å². The van der Waals surface area contributed by atoms with Crippen LogP contribution >= 0.6 is 0 Å². The van der Waals surface area contributed by atoms with E-state index in [-0.39, 0.29) is 0 Å². The van der Waals surface area contributed by atoms with Crippen molar-refractivity contribution < 1.29 is 0 Å². The molecule has 4 unspecified atom stereocenters. The van der Waals surface area contributed by atoms with Gasteiger partial charge in [-0.1, -0.05) is 13.3 Å². The van der Waals surface area contributed by atoms with Crippen molar-refractivity contribution >= 4 is 0 Å². The molecule has 4 bridgehead atoms. The van der Waals surface area contributed by atoms with E-state index in [1.807, 2.05) is 0 Å². The minimum absolute atomic E-state index is 0.490. The molecule has 7 atom stereocenters. The summed E-state index contributed by atoms with van der Waals surface area (Å²) in [6, 6.07) is 3.07. The lowest BCUT2D eigenvalue weighted by atomic mass is 9.65. The van der Waals surface area contributed by atoms with E-state index in [2.05, 4.69) is 11.8 Å². The van der Waals surface area contributed by atoms with Crippen LogP contribution in [0.5, 0.6) is 0 Å². The van der Waals surface area contributed by atoms with Gasteiger partial charge in [0.2, 0.25) is 0 Å². The molecular formula is C18H32N2. The van der Waals surface area contributed by atoms with Crippen LogP contribution in [0.3, 0.4) is 0 Å². The summed E-state index contributed by atoms with van der Waals surface area (Å²) in [5.41, 5.74) is 6.30. The lowest BCUT2D eigenvalue weighted by molar-refractivity contribution is -0.0445. The fourth-order valence-electron chi connectivity index (χ4n) is 6.45. The molecule has 4 aliphatic rings. The molecule has 2 aliphatic heterocycles. The molecule has 4 fully saturated rings. The Balaban J connectivity index is 1.50. The fourth-order valence-corrected chi connectivity index (χ4v) is 6.45. The maximum atomic E-state index is 6.30. The van der Waals surface area contributed by atoms with E-state index in [9.17, 15) is 0 Å². The van der Waals surface area contributed by atoms with E-state index in [1.54, 1.807) is 6.42 Å². The summed E-state index contributed by atoms with van der Waals surface area (Å²) in [7, 11) is 0. The Hall–Kier alpha value is -0.0800. The molecule has 0 spiro atoms. The number of fused-ring (bicyclic) bond motifs is 4. The second kappa shape index (κ2) is 5.28.